The molecule has 0 spiro atoms. The Bertz CT molecular complexity index is 885. The van der Waals surface area contributed by atoms with E-state index in [0.717, 1.165) is 31.4 Å². The summed E-state index contributed by atoms with van der Waals surface area (Å²) in [6.07, 6.45) is 9.73. The first-order chi connectivity index (χ1) is 12.2. The third-order valence-electron chi connectivity index (χ3n) is 4.97. The first-order valence-corrected chi connectivity index (χ1v) is 10.0. The van der Waals surface area contributed by atoms with Crippen molar-refractivity contribution in [3.8, 4) is 11.1 Å². The molecule has 1 aliphatic rings. The lowest BCUT2D eigenvalue weighted by molar-refractivity contribution is 0.440. The Morgan fingerprint density at radius 1 is 1.20 bits per heavy atom. The number of aromatic nitrogens is 4. The number of rotatable bonds is 3. The Labute approximate surface area is 154 Å². The van der Waals surface area contributed by atoms with E-state index in [1.54, 1.807) is 22.8 Å². The molecule has 0 unspecified atom stereocenters. The lowest BCUT2D eigenvalue weighted by atomic mass is 9.83. The third kappa shape index (κ3) is 3.02. The molecule has 0 aliphatic heterocycles. The van der Waals surface area contributed by atoms with Crippen LogP contribution < -0.4 is 0 Å². The Balaban J connectivity index is 1.88. The maximum Gasteiger partial charge on any atom is 0.252 e. The summed E-state index contributed by atoms with van der Waals surface area (Å²) in [6, 6.07) is 4.76. The topological polar surface area (TPSA) is 43.1 Å². The number of halogens is 2. The summed E-state index contributed by atoms with van der Waals surface area (Å²) in [5.41, 5.74) is 2.08. The Morgan fingerprint density at radius 3 is 2.72 bits per heavy atom. The molecular formula is C18H18ClFN4S. The van der Waals surface area contributed by atoms with Crippen LogP contribution in [0.5, 0.6) is 0 Å². The highest BCUT2D eigenvalue weighted by Gasteiger charge is 2.28. The quantitative estimate of drug-likeness (QED) is 0.647. The highest BCUT2D eigenvalue weighted by atomic mass is 35.5. The fourth-order valence-corrected chi connectivity index (χ4v) is 4.72. The summed E-state index contributed by atoms with van der Waals surface area (Å²) >= 11 is 8.25. The second-order valence-electron chi connectivity index (χ2n) is 6.33. The van der Waals surface area contributed by atoms with Crippen molar-refractivity contribution >= 4 is 29.1 Å². The summed E-state index contributed by atoms with van der Waals surface area (Å²) in [5, 5.41) is 5.44. The van der Waals surface area contributed by atoms with E-state index in [1.165, 1.54) is 12.4 Å². The minimum atomic E-state index is -0.340. The summed E-state index contributed by atoms with van der Waals surface area (Å²) in [4.78, 5) is 8.54. The number of hydrogen-bond acceptors (Lipinski definition) is 4. The van der Waals surface area contributed by atoms with E-state index in [4.69, 9.17) is 11.6 Å². The zero-order valence-corrected chi connectivity index (χ0v) is 15.4. The second-order valence-corrected chi connectivity index (χ2v) is 7.88. The predicted molar refractivity (Wildman–Crippen MR) is 99.7 cm³/mol. The molecule has 1 aliphatic carbocycles. The molecule has 7 heteroatoms. The van der Waals surface area contributed by atoms with Crippen LogP contribution in [0, 0.1) is 5.82 Å². The van der Waals surface area contributed by atoms with Crippen LogP contribution >= 0.6 is 23.4 Å². The third-order valence-corrected chi connectivity index (χ3v) is 6.42. The number of nitrogens with zero attached hydrogens (tertiary/aromatic N) is 4. The summed E-state index contributed by atoms with van der Waals surface area (Å²) < 4.78 is 16.3. The molecule has 3 aromatic rings. The van der Waals surface area contributed by atoms with E-state index in [1.807, 2.05) is 11.8 Å². The highest BCUT2D eigenvalue weighted by molar-refractivity contribution is 7.99. The van der Waals surface area contributed by atoms with Crippen LogP contribution in [0.2, 0.25) is 5.02 Å². The molecule has 4 nitrogen and oxygen atoms in total. The van der Waals surface area contributed by atoms with Gasteiger partial charge in [-0.25, -0.2) is 13.9 Å². The highest BCUT2D eigenvalue weighted by Crippen LogP contribution is 2.42. The molecule has 0 amide bonds. The van der Waals surface area contributed by atoms with Gasteiger partial charge in [-0.2, -0.15) is 21.8 Å². The molecule has 0 atom stereocenters. The molecule has 0 radical (unpaired) electrons. The number of fused-ring (bicyclic) bond motifs is 1. The van der Waals surface area contributed by atoms with Crippen LogP contribution in [0.4, 0.5) is 4.39 Å². The van der Waals surface area contributed by atoms with Gasteiger partial charge in [0, 0.05) is 28.5 Å². The van der Waals surface area contributed by atoms with Crippen molar-refractivity contribution in [2.75, 3.05) is 6.26 Å². The Hall–Kier alpha value is -1.66. The summed E-state index contributed by atoms with van der Waals surface area (Å²) in [5.74, 6) is 0.493. The molecule has 1 fully saturated rings. The molecule has 1 saturated carbocycles. The lowest BCUT2D eigenvalue weighted by Crippen LogP contribution is -2.18. The van der Waals surface area contributed by atoms with Crippen molar-refractivity contribution in [1.82, 2.24) is 19.6 Å². The first kappa shape index (κ1) is 16.8. The van der Waals surface area contributed by atoms with Crippen molar-refractivity contribution in [1.29, 1.82) is 0 Å². The van der Waals surface area contributed by atoms with Crippen LogP contribution in [-0.4, -0.2) is 31.1 Å². The maximum absolute atomic E-state index is 14.6. The van der Waals surface area contributed by atoms with E-state index in [0.29, 0.717) is 33.1 Å². The van der Waals surface area contributed by atoms with Crippen molar-refractivity contribution in [2.24, 2.45) is 0 Å². The zero-order valence-electron chi connectivity index (χ0n) is 13.8. The number of hydrogen-bond donors (Lipinski definition) is 0. The van der Waals surface area contributed by atoms with Gasteiger partial charge in [0.2, 0.25) is 0 Å². The van der Waals surface area contributed by atoms with E-state index >= 15 is 0 Å². The average Bonchev–Trinajstić information content (AvgIpc) is 3.10. The van der Waals surface area contributed by atoms with Crippen molar-refractivity contribution < 1.29 is 4.39 Å². The molecule has 0 bridgehead atoms. The normalized spacial score (nSPS) is 20.9. The fraction of sp³-hybridized carbons (Fsp3) is 0.389. The van der Waals surface area contributed by atoms with Crippen molar-refractivity contribution in [3.05, 3.63) is 47.3 Å². The first-order valence-electron chi connectivity index (χ1n) is 8.35. The monoisotopic (exact) mass is 376 g/mol. The Kier molecular flexibility index (Phi) is 4.65. The van der Waals surface area contributed by atoms with Crippen LogP contribution in [-0.2, 0) is 0 Å². The van der Waals surface area contributed by atoms with Gasteiger partial charge in [0.15, 0.2) is 0 Å². The van der Waals surface area contributed by atoms with Gasteiger partial charge < -0.3 is 0 Å². The molecule has 0 N–H and O–H groups in total. The summed E-state index contributed by atoms with van der Waals surface area (Å²) in [7, 11) is 0. The molecule has 130 valence electrons. The van der Waals surface area contributed by atoms with Crippen molar-refractivity contribution in [3.63, 3.8) is 0 Å². The summed E-state index contributed by atoms with van der Waals surface area (Å²) in [6.45, 7) is 0. The van der Waals surface area contributed by atoms with E-state index in [9.17, 15) is 4.39 Å². The Morgan fingerprint density at radius 2 is 2.00 bits per heavy atom. The van der Waals surface area contributed by atoms with Gasteiger partial charge in [-0.15, -0.1) is 0 Å². The van der Waals surface area contributed by atoms with E-state index in [2.05, 4.69) is 21.3 Å². The molecule has 2 aromatic heterocycles. The van der Waals surface area contributed by atoms with Gasteiger partial charge in [-0.1, -0.05) is 17.7 Å². The van der Waals surface area contributed by atoms with Gasteiger partial charge in [0.05, 0.1) is 10.7 Å². The van der Waals surface area contributed by atoms with Crippen molar-refractivity contribution in [2.45, 2.75) is 36.9 Å². The minimum absolute atomic E-state index is 0.293. The van der Waals surface area contributed by atoms with Crippen LogP contribution in [0.1, 0.15) is 37.3 Å². The molecule has 25 heavy (non-hydrogen) atoms. The maximum atomic E-state index is 14.6. The molecular weight excluding hydrogens is 359 g/mol. The zero-order chi connectivity index (χ0) is 17.4. The number of thioether (sulfide) groups is 1. The number of benzene rings is 1. The minimum Gasteiger partial charge on any atom is -0.219 e. The van der Waals surface area contributed by atoms with Gasteiger partial charge in [-0.3, -0.25) is 0 Å². The van der Waals surface area contributed by atoms with E-state index in [-0.39, 0.29) is 5.82 Å². The second kappa shape index (κ2) is 6.92. The fourth-order valence-electron chi connectivity index (χ4n) is 3.71. The van der Waals surface area contributed by atoms with Gasteiger partial charge >= 0.3 is 0 Å². The molecule has 0 saturated heterocycles. The van der Waals surface area contributed by atoms with Gasteiger partial charge in [0.25, 0.3) is 5.78 Å². The lowest BCUT2D eigenvalue weighted by Gasteiger charge is -2.29. The predicted octanol–water partition coefficient (Wildman–Crippen LogP) is 4.97. The average molecular weight is 377 g/mol. The molecule has 4 rings (SSSR count). The van der Waals surface area contributed by atoms with Crippen LogP contribution in [0.25, 0.3) is 16.9 Å². The van der Waals surface area contributed by atoms with Crippen LogP contribution in [0.3, 0.4) is 0 Å². The largest absolute Gasteiger partial charge is 0.252 e. The standard InChI is InChI=1S/C18H18ClFN4S/c1-25-12-7-5-11(6-8-12)17-13(9-21-18-22-10-23-24(17)18)16-14(19)3-2-4-15(16)20/h2-4,9-12H,5-8H2,1H3. The van der Waals surface area contributed by atoms with Crippen LogP contribution in [0.15, 0.2) is 30.7 Å². The van der Waals surface area contributed by atoms with Gasteiger partial charge in [-0.05, 0) is 44.1 Å². The molecule has 1 aromatic carbocycles. The smallest absolute Gasteiger partial charge is 0.219 e. The van der Waals surface area contributed by atoms with Gasteiger partial charge in [0.1, 0.15) is 12.1 Å². The SMILES string of the molecule is CSC1CCC(c2c(-c3c(F)cccc3Cl)cnc3ncnn23)CC1. The molecule has 2 heterocycles. The van der Waals surface area contributed by atoms with E-state index < -0.39 is 0 Å².